The van der Waals surface area contributed by atoms with Gasteiger partial charge in [0.2, 0.25) is 5.91 Å². The summed E-state index contributed by atoms with van der Waals surface area (Å²) >= 11 is 4.04. The number of carbonyl (C=O) groups excluding carboxylic acids is 1. The second-order valence-corrected chi connectivity index (χ2v) is 3.93. The molecule has 0 aliphatic carbocycles. The number of rotatable bonds is 2. The largest absolute Gasteiger partial charge is 0.376 e. The molecule has 3 atom stereocenters. The highest BCUT2D eigenvalue weighted by molar-refractivity contribution is 7.81. The Morgan fingerprint density at radius 2 is 2.42 bits per heavy atom. The van der Waals surface area contributed by atoms with Crippen LogP contribution in [0.5, 0.6) is 0 Å². The highest BCUT2D eigenvalue weighted by Crippen LogP contribution is 2.12. The summed E-state index contributed by atoms with van der Waals surface area (Å²) in [6.07, 6.45) is 1.05. The fourth-order valence-electron chi connectivity index (χ4n) is 1.22. The van der Waals surface area contributed by atoms with Crippen LogP contribution in [0.2, 0.25) is 0 Å². The lowest BCUT2D eigenvalue weighted by molar-refractivity contribution is -0.121. The van der Waals surface area contributed by atoms with Gasteiger partial charge in [-0.1, -0.05) is 0 Å². The van der Waals surface area contributed by atoms with Crippen molar-refractivity contribution in [1.82, 2.24) is 5.32 Å². The van der Waals surface area contributed by atoms with E-state index in [1.807, 2.05) is 6.92 Å². The molecule has 0 bridgehead atoms. The maximum absolute atomic E-state index is 11.2. The van der Waals surface area contributed by atoms with Gasteiger partial charge in [-0.25, -0.2) is 0 Å². The first-order chi connectivity index (χ1) is 5.61. The van der Waals surface area contributed by atoms with E-state index < -0.39 is 0 Å². The molecule has 1 aliphatic heterocycles. The van der Waals surface area contributed by atoms with Crippen molar-refractivity contribution in [3.05, 3.63) is 0 Å². The third-order valence-electron chi connectivity index (χ3n) is 2.08. The fraction of sp³-hybridized carbons (Fsp3) is 0.875. The van der Waals surface area contributed by atoms with Crippen molar-refractivity contribution < 1.29 is 9.53 Å². The van der Waals surface area contributed by atoms with E-state index >= 15 is 0 Å². The van der Waals surface area contributed by atoms with Crippen LogP contribution in [0.25, 0.3) is 0 Å². The van der Waals surface area contributed by atoms with Crippen molar-refractivity contribution in [2.45, 2.75) is 37.7 Å². The maximum Gasteiger partial charge on any atom is 0.232 e. The minimum atomic E-state index is -0.238. The zero-order valence-corrected chi connectivity index (χ0v) is 8.30. The number of hydrogen-bond acceptors (Lipinski definition) is 3. The molecule has 0 aromatic carbocycles. The lowest BCUT2D eigenvalue weighted by Crippen LogP contribution is -2.42. The molecule has 1 aliphatic rings. The zero-order chi connectivity index (χ0) is 9.14. The third-order valence-corrected chi connectivity index (χ3v) is 2.32. The second kappa shape index (κ2) is 4.14. The smallest absolute Gasteiger partial charge is 0.232 e. The molecule has 1 rings (SSSR count). The fourth-order valence-corrected chi connectivity index (χ4v) is 1.30. The van der Waals surface area contributed by atoms with Gasteiger partial charge in [-0.05, 0) is 20.3 Å². The molecule has 4 heteroatoms. The summed E-state index contributed by atoms with van der Waals surface area (Å²) in [5, 5.41) is 2.65. The molecule has 0 spiro atoms. The predicted octanol–water partition coefficient (Wildman–Crippen LogP) is 0.598. The van der Waals surface area contributed by atoms with Crippen LogP contribution in [0.1, 0.15) is 20.3 Å². The standard InChI is InChI=1S/C8H15NO2S/c1-5-7(3-4-11-5)9-8(10)6(2)12/h5-7,12H,3-4H2,1-2H3,(H,9,10). The highest BCUT2D eigenvalue weighted by Gasteiger charge is 2.26. The molecule has 70 valence electrons. The van der Waals surface area contributed by atoms with Crippen molar-refractivity contribution in [2.75, 3.05) is 6.61 Å². The summed E-state index contributed by atoms with van der Waals surface area (Å²) < 4.78 is 5.31. The summed E-state index contributed by atoms with van der Waals surface area (Å²) in [6, 6.07) is 0.173. The van der Waals surface area contributed by atoms with Gasteiger partial charge in [0.1, 0.15) is 0 Å². The van der Waals surface area contributed by atoms with E-state index in [1.165, 1.54) is 0 Å². The van der Waals surface area contributed by atoms with E-state index in [9.17, 15) is 4.79 Å². The van der Waals surface area contributed by atoms with Gasteiger partial charge in [0.25, 0.3) is 0 Å². The molecule has 1 saturated heterocycles. The lowest BCUT2D eigenvalue weighted by Gasteiger charge is -2.16. The normalized spacial score (nSPS) is 31.6. The molecule has 1 heterocycles. The van der Waals surface area contributed by atoms with Crippen LogP contribution in [0.15, 0.2) is 0 Å². The Balaban J connectivity index is 2.35. The van der Waals surface area contributed by atoms with Crippen molar-refractivity contribution in [2.24, 2.45) is 0 Å². The predicted molar refractivity (Wildman–Crippen MR) is 50.4 cm³/mol. The van der Waals surface area contributed by atoms with Crippen LogP contribution < -0.4 is 5.32 Å². The van der Waals surface area contributed by atoms with E-state index in [0.717, 1.165) is 13.0 Å². The van der Waals surface area contributed by atoms with Crippen LogP contribution in [0.4, 0.5) is 0 Å². The highest BCUT2D eigenvalue weighted by atomic mass is 32.1. The minimum absolute atomic E-state index is 0.0133. The van der Waals surface area contributed by atoms with Gasteiger partial charge in [-0.3, -0.25) is 4.79 Å². The van der Waals surface area contributed by atoms with Gasteiger partial charge >= 0.3 is 0 Å². The molecule has 12 heavy (non-hydrogen) atoms. The third kappa shape index (κ3) is 2.38. The van der Waals surface area contributed by atoms with Gasteiger partial charge < -0.3 is 10.1 Å². The summed E-state index contributed by atoms with van der Waals surface area (Å²) in [4.78, 5) is 11.2. The number of carbonyl (C=O) groups is 1. The summed E-state index contributed by atoms with van der Waals surface area (Å²) in [5.74, 6) is -0.0133. The SMILES string of the molecule is CC(S)C(=O)NC1CCOC1C. The second-order valence-electron chi connectivity index (χ2n) is 3.16. The number of ether oxygens (including phenoxy) is 1. The van der Waals surface area contributed by atoms with Gasteiger partial charge in [0, 0.05) is 6.61 Å². The molecule has 0 aromatic heterocycles. The molecule has 1 N–H and O–H groups in total. The zero-order valence-electron chi connectivity index (χ0n) is 7.41. The van der Waals surface area contributed by atoms with Gasteiger partial charge in [-0.2, -0.15) is 12.6 Å². The first kappa shape index (κ1) is 9.86. The Hall–Kier alpha value is -0.220. The topological polar surface area (TPSA) is 38.3 Å². The summed E-state index contributed by atoms with van der Waals surface area (Å²) in [5.41, 5.74) is 0. The summed E-state index contributed by atoms with van der Waals surface area (Å²) in [7, 11) is 0. The molecule has 3 nitrogen and oxygen atoms in total. The van der Waals surface area contributed by atoms with Crippen molar-refractivity contribution in [3.8, 4) is 0 Å². The summed E-state index contributed by atoms with van der Waals surface area (Å²) in [6.45, 7) is 4.48. The van der Waals surface area contributed by atoms with Crippen LogP contribution in [0.3, 0.4) is 0 Å². The minimum Gasteiger partial charge on any atom is -0.376 e. The number of amides is 1. The first-order valence-electron chi connectivity index (χ1n) is 4.21. The quantitative estimate of drug-likeness (QED) is 0.624. The van der Waals surface area contributed by atoms with E-state index in [0.29, 0.717) is 0 Å². The van der Waals surface area contributed by atoms with Gasteiger partial charge in [0.05, 0.1) is 17.4 Å². The Bertz CT molecular complexity index is 172. The van der Waals surface area contributed by atoms with E-state index in [2.05, 4.69) is 17.9 Å². The van der Waals surface area contributed by atoms with E-state index in [1.54, 1.807) is 6.92 Å². The van der Waals surface area contributed by atoms with Gasteiger partial charge in [0.15, 0.2) is 0 Å². The number of thiol groups is 1. The Morgan fingerprint density at radius 1 is 1.75 bits per heavy atom. The maximum atomic E-state index is 11.2. The average Bonchev–Trinajstić information content (AvgIpc) is 2.36. The molecule has 1 fully saturated rings. The van der Waals surface area contributed by atoms with Gasteiger partial charge in [-0.15, -0.1) is 0 Å². The van der Waals surface area contributed by atoms with Crippen molar-refractivity contribution in [1.29, 1.82) is 0 Å². The lowest BCUT2D eigenvalue weighted by atomic mass is 10.1. The monoisotopic (exact) mass is 189 g/mol. The first-order valence-corrected chi connectivity index (χ1v) is 4.73. The Labute approximate surface area is 78.3 Å². The molecule has 3 unspecified atom stereocenters. The molecular formula is C8H15NO2S. The van der Waals surface area contributed by atoms with Crippen LogP contribution in [-0.2, 0) is 9.53 Å². The molecule has 0 saturated carbocycles. The Morgan fingerprint density at radius 3 is 2.83 bits per heavy atom. The van der Waals surface area contributed by atoms with Crippen molar-refractivity contribution >= 4 is 18.5 Å². The van der Waals surface area contributed by atoms with Crippen LogP contribution in [0, 0.1) is 0 Å². The van der Waals surface area contributed by atoms with Crippen LogP contribution >= 0.6 is 12.6 Å². The molecule has 0 aromatic rings. The average molecular weight is 189 g/mol. The number of hydrogen-bond donors (Lipinski definition) is 2. The Kier molecular flexibility index (Phi) is 3.40. The van der Waals surface area contributed by atoms with Crippen LogP contribution in [-0.4, -0.2) is 29.9 Å². The van der Waals surface area contributed by atoms with Crippen molar-refractivity contribution in [3.63, 3.8) is 0 Å². The number of nitrogens with one attached hydrogen (secondary N) is 1. The molecular weight excluding hydrogens is 174 g/mol. The molecule has 1 amide bonds. The van der Waals surface area contributed by atoms with E-state index in [-0.39, 0.29) is 23.3 Å². The molecule has 0 radical (unpaired) electrons. The van der Waals surface area contributed by atoms with E-state index in [4.69, 9.17) is 4.74 Å².